The molecule has 2 atom stereocenters. The van der Waals surface area contributed by atoms with Gasteiger partial charge in [0.05, 0.1) is 30.8 Å². The van der Waals surface area contributed by atoms with Crippen molar-refractivity contribution in [3.63, 3.8) is 0 Å². The van der Waals surface area contributed by atoms with Crippen LogP contribution < -0.4 is 20.1 Å². The average Bonchev–Trinajstić information content (AvgIpc) is 3.38. The summed E-state index contributed by atoms with van der Waals surface area (Å²) in [6.07, 6.45) is 0.856. The van der Waals surface area contributed by atoms with Crippen LogP contribution in [0.4, 0.5) is 11.4 Å². The fourth-order valence-electron chi connectivity index (χ4n) is 4.88. The fraction of sp³-hybridized carbons (Fsp3) is 0.281. The number of carbonyl (C=O) groups excluding carboxylic acids is 3. The number of amidine groups is 2. The Kier molecular flexibility index (Phi) is 9.41. The zero-order valence-electron chi connectivity index (χ0n) is 24.2. The predicted octanol–water partition coefficient (Wildman–Crippen LogP) is 4.91. The first kappa shape index (κ1) is 29.8. The highest BCUT2D eigenvalue weighted by Gasteiger charge is 2.42. The number of anilines is 1. The molecule has 2 aliphatic rings. The number of fused-ring (bicyclic) bond motifs is 3. The van der Waals surface area contributed by atoms with E-state index < -0.39 is 11.3 Å². The van der Waals surface area contributed by atoms with Crippen LogP contribution in [0.25, 0.3) is 0 Å². The van der Waals surface area contributed by atoms with E-state index >= 15 is 0 Å². The molecular weight excluding hydrogens is 566 g/mol. The summed E-state index contributed by atoms with van der Waals surface area (Å²) < 4.78 is 10.7. The summed E-state index contributed by atoms with van der Waals surface area (Å²) >= 11 is 1.22. The lowest BCUT2D eigenvalue weighted by molar-refractivity contribution is -0.125. The van der Waals surface area contributed by atoms with Crippen LogP contribution in [0.2, 0.25) is 0 Å². The number of ether oxygens (including phenoxy) is 2. The zero-order valence-corrected chi connectivity index (χ0v) is 25.0. The maximum atomic E-state index is 13.7. The number of hydrogen-bond acceptors (Lipinski definition) is 8. The molecule has 3 amide bonds. The van der Waals surface area contributed by atoms with Gasteiger partial charge in [-0.2, -0.15) is 0 Å². The van der Waals surface area contributed by atoms with E-state index in [0.29, 0.717) is 46.8 Å². The van der Waals surface area contributed by atoms with E-state index in [0.717, 1.165) is 11.1 Å². The van der Waals surface area contributed by atoms with Gasteiger partial charge in [0.1, 0.15) is 23.4 Å². The van der Waals surface area contributed by atoms with Gasteiger partial charge < -0.3 is 20.1 Å². The van der Waals surface area contributed by atoms with Crippen molar-refractivity contribution in [3.05, 3.63) is 83.9 Å². The number of rotatable bonds is 11. The Bertz CT molecular complexity index is 1590. The molecule has 222 valence electrons. The quantitative estimate of drug-likeness (QED) is 0.323. The van der Waals surface area contributed by atoms with E-state index in [4.69, 9.17) is 19.5 Å². The lowest BCUT2D eigenvalue weighted by Crippen LogP contribution is -2.42. The van der Waals surface area contributed by atoms with E-state index in [1.807, 2.05) is 67.6 Å². The first-order valence-electron chi connectivity index (χ1n) is 14.0. The Morgan fingerprint density at radius 2 is 1.67 bits per heavy atom. The third-order valence-electron chi connectivity index (χ3n) is 7.14. The Morgan fingerprint density at radius 3 is 2.44 bits per heavy atom. The second-order valence-corrected chi connectivity index (χ2v) is 11.1. The normalized spacial score (nSPS) is 15.9. The molecule has 2 N–H and O–H groups in total. The molecule has 0 unspecified atom stereocenters. The van der Waals surface area contributed by atoms with Gasteiger partial charge >= 0.3 is 0 Å². The van der Waals surface area contributed by atoms with Crippen molar-refractivity contribution in [2.75, 3.05) is 19.5 Å². The summed E-state index contributed by atoms with van der Waals surface area (Å²) in [4.78, 5) is 50.7. The number of methoxy groups -OCH3 is 2. The molecule has 0 saturated carbocycles. The van der Waals surface area contributed by atoms with Crippen molar-refractivity contribution in [3.8, 4) is 11.5 Å². The van der Waals surface area contributed by atoms with Gasteiger partial charge in [-0.3, -0.25) is 19.4 Å². The Morgan fingerprint density at radius 1 is 0.977 bits per heavy atom. The minimum Gasteiger partial charge on any atom is -0.496 e. The number of aliphatic imine (C=N–C) groups is 2. The van der Waals surface area contributed by atoms with Crippen LogP contribution in [0.3, 0.4) is 0 Å². The highest BCUT2D eigenvalue weighted by molar-refractivity contribution is 8.15. The number of amides is 3. The highest BCUT2D eigenvalue weighted by atomic mass is 32.2. The van der Waals surface area contributed by atoms with Gasteiger partial charge in [0.2, 0.25) is 11.8 Å². The highest BCUT2D eigenvalue weighted by Crippen LogP contribution is 2.36. The summed E-state index contributed by atoms with van der Waals surface area (Å²) in [6.45, 7) is 2.22. The number of thioether (sulfide) groups is 1. The number of nitrogens with one attached hydrogen (secondary N) is 2. The molecule has 10 nitrogen and oxygen atoms in total. The van der Waals surface area contributed by atoms with Crippen LogP contribution in [-0.4, -0.2) is 59.1 Å². The molecule has 0 saturated heterocycles. The molecule has 5 rings (SSSR count). The molecule has 11 heteroatoms. The molecule has 0 aliphatic carbocycles. The van der Waals surface area contributed by atoms with E-state index in [-0.39, 0.29) is 30.6 Å². The summed E-state index contributed by atoms with van der Waals surface area (Å²) in [5.74, 6) is 1.05. The van der Waals surface area contributed by atoms with Crippen LogP contribution in [0.1, 0.15) is 37.3 Å². The first-order valence-corrected chi connectivity index (χ1v) is 14.9. The van der Waals surface area contributed by atoms with Crippen molar-refractivity contribution < 1.29 is 23.9 Å². The van der Waals surface area contributed by atoms with Crippen LogP contribution in [-0.2, 0) is 20.9 Å². The molecule has 0 bridgehead atoms. The lowest BCUT2D eigenvalue weighted by atomic mass is 10.1. The summed E-state index contributed by atoms with van der Waals surface area (Å²) in [7, 11) is 3.13. The van der Waals surface area contributed by atoms with Gasteiger partial charge in [-0.1, -0.05) is 61.2 Å². The number of benzene rings is 3. The average molecular weight is 600 g/mol. The number of hydrogen-bond donors (Lipinski definition) is 2. The Labute approximate surface area is 254 Å². The van der Waals surface area contributed by atoms with Crippen LogP contribution in [0.5, 0.6) is 11.5 Å². The predicted molar refractivity (Wildman–Crippen MR) is 168 cm³/mol. The van der Waals surface area contributed by atoms with Crippen LogP contribution in [0, 0.1) is 0 Å². The van der Waals surface area contributed by atoms with Crippen molar-refractivity contribution >= 4 is 51.9 Å². The number of nitrogens with zero attached hydrogens (tertiary/aromatic N) is 3. The zero-order chi connectivity index (χ0) is 30.3. The van der Waals surface area contributed by atoms with E-state index in [1.54, 1.807) is 26.4 Å². The lowest BCUT2D eigenvalue weighted by Gasteiger charge is -2.27. The van der Waals surface area contributed by atoms with E-state index in [1.165, 1.54) is 16.7 Å². The second-order valence-electron chi connectivity index (χ2n) is 9.89. The molecule has 2 heterocycles. The van der Waals surface area contributed by atoms with Gasteiger partial charge in [-0.15, -0.1) is 0 Å². The first-order chi connectivity index (χ1) is 20.9. The molecule has 2 aliphatic heterocycles. The van der Waals surface area contributed by atoms with Gasteiger partial charge in [0, 0.05) is 24.1 Å². The summed E-state index contributed by atoms with van der Waals surface area (Å²) in [6, 6.07) is 21.4. The fourth-order valence-corrected chi connectivity index (χ4v) is 5.90. The molecule has 0 radical (unpaired) electrons. The van der Waals surface area contributed by atoms with Gasteiger partial charge in [0.25, 0.3) is 5.91 Å². The monoisotopic (exact) mass is 599 g/mol. The van der Waals surface area contributed by atoms with Gasteiger partial charge in [0.15, 0.2) is 5.17 Å². The van der Waals surface area contributed by atoms with Crippen LogP contribution in [0.15, 0.2) is 82.8 Å². The summed E-state index contributed by atoms with van der Waals surface area (Å²) in [5, 5.41) is 5.68. The molecule has 0 aromatic heterocycles. The maximum Gasteiger partial charge on any atom is 0.259 e. The maximum absolute atomic E-state index is 13.7. The topological polar surface area (TPSA) is 122 Å². The van der Waals surface area contributed by atoms with Gasteiger partial charge in [-0.25, -0.2) is 9.89 Å². The van der Waals surface area contributed by atoms with Crippen LogP contribution >= 0.6 is 11.8 Å². The second kappa shape index (κ2) is 13.6. The minimum absolute atomic E-state index is 0.121. The standard InChI is InChI=1S/C32H33N5O5S/c1-4-27(30(39)35-23-14-8-10-16-26(23)42-3)43-32-36-22-13-7-6-12-21(22)29-34-24(31(40)37(29)32)17-18-28(38)33-19-20-11-5-9-15-25(20)41-2/h5-16,24,27H,4,17-19H2,1-3H3,(H,33,38)(H,35,39)/t24-,27-/m0/s1. The van der Waals surface area contributed by atoms with E-state index in [2.05, 4.69) is 10.6 Å². The molecule has 43 heavy (non-hydrogen) atoms. The smallest absolute Gasteiger partial charge is 0.259 e. The van der Waals surface area contributed by atoms with Crippen molar-refractivity contribution in [2.45, 2.75) is 44.0 Å². The third-order valence-corrected chi connectivity index (χ3v) is 8.45. The largest absolute Gasteiger partial charge is 0.496 e. The SMILES string of the molecule is CC[C@H](SC1=Nc2ccccc2C2=N[C@@H](CCC(=O)NCc3ccccc3OC)C(=O)N12)C(=O)Nc1ccccc1OC. The molecule has 3 aromatic carbocycles. The molecule has 0 spiro atoms. The number of carbonyl (C=O) groups is 3. The Balaban J connectivity index is 1.29. The van der Waals surface area contributed by atoms with Crippen molar-refractivity contribution in [1.82, 2.24) is 10.2 Å². The van der Waals surface area contributed by atoms with Crippen molar-refractivity contribution in [1.29, 1.82) is 0 Å². The summed E-state index contributed by atoms with van der Waals surface area (Å²) in [5.41, 5.74) is 2.83. The Hall–Kier alpha value is -4.64. The van der Waals surface area contributed by atoms with E-state index in [9.17, 15) is 14.4 Å². The molecule has 3 aromatic rings. The molecular formula is C32H33N5O5S. The molecule has 0 fully saturated rings. The third kappa shape index (κ3) is 6.56. The van der Waals surface area contributed by atoms with Crippen molar-refractivity contribution in [2.24, 2.45) is 9.98 Å². The minimum atomic E-state index is -0.744. The number of para-hydroxylation sites is 4. The van der Waals surface area contributed by atoms with Gasteiger partial charge in [-0.05, 0) is 43.2 Å².